The Morgan fingerprint density at radius 1 is 1.13 bits per heavy atom. The predicted octanol–water partition coefficient (Wildman–Crippen LogP) is 1.61. The largest absolute Gasteiger partial charge is 0.355 e. The van der Waals surface area contributed by atoms with Gasteiger partial charge in [-0.2, -0.15) is 0 Å². The molecule has 166 valence electrons. The fourth-order valence-electron chi connectivity index (χ4n) is 5.14. The minimum atomic E-state index is -0.126. The highest BCUT2D eigenvalue weighted by atomic mass is 16.2. The molecule has 2 amide bonds. The molecule has 4 rings (SSSR count). The number of amides is 2. The highest BCUT2D eigenvalue weighted by Gasteiger charge is 2.58. The second kappa shape index (κ2) is 9.22. The highest BCUT2D eigenvalue weighted by Crippen LogP contribution is 2.52. The summed E-state index contributed by atoms with van der Waals surface area (Å²) >= 11 is 0. The smallest absolute Gasteiger partial charge is 0.233 e. The van der Waals surface area contributed by atoms with Crippen molar-refractivity contribution >= 4 is 17.8 Å². The maximum absolute atomic E-state index is 12.8. The van der Waals surface area contributed by atoms with Crippen LogP contribution in [0.25, 0.3) is 0 Å². The third-order valence-electron chi connectivity index (χ3n) is 6.86. The van der Waals surface area contributed by atoms with Crippen LogP contribution >= 0.6 is 0 Å². The van der Waals surface area contributed by atoms with Crippen LogP contribution in [0.5, 0.6) is 0 Å². The standard InChI is InChI=1S/C24H33N5O2/c1-4-28(3)15-17-7-5-6-16(12-17)14-27-24(25-2)26-10-11-29-22(30)20-18-8-9-19(13-18)21(20)23(29)31/h5-9,12,18-21H,4,10-11,13-15H2,1-3H3,(H2,25,26,27). The van der Waals surface area contributed by atoms with Crippen LogP contribution in [0.1, 0.15) is 24.5 Å². The van der Waals surface area contributed by atoms with Gasteiger partial charge in [0.05, 0.1) is 11.8 Å². The third-order valence-corrected chi connectivity index (χ3v) is 6.86. The van der Waals surface area contributed by atoms with Crippen molar-refractivity contribution in [3.8, 4) is 0 Å². The van der Waals surface area contributed by atoms with Crippen LogP contribution in [-0.2, 0) is 22.7 Å². The number of carbonyl (C=O) groups is 2. The first kappa shape index (κ1) is 21.6. The van der Waals surface area contributed by atoms with Gasteiger partial charge in [0.1, 0.15) is 0 Å². The van der Waals surface area contributed by atoms with Crippen molar-refractivity contribution in [2.24, 2.45) is 28.7 Å². The van der Waals surface area contributed by atoms with Gasteiger partial charge in [0.15, 0.2) is 5.96 Å². The zero-order valence-electron chi connectivity index (χ0n) is 18.7. The molecule has 7 nitrogen and oxygen atoms in total. The molecular weight excluding hydrogens is 390 g/mol. The van der Waals surface area contributed by atoms with E-state index < -0.39 is 0 Å². The average molecular weight is 424 g/mol. The molecule has 1 saturated carbocycles. The van der Waals surface area contributed by atoms with Gasteiger partial charge in [-0.05, 0) is 43.0 Å². The zero-order chi connectivity index (χ0) is 22.0. The van der Waals surface area contributed by atoms with E-state index in [0.29, 0.717) is 25.6 Å². The van der Waals surface area contributed by atoms with Crippen LogP contribution in [0.3, 0.4) is 0 Å². The van der Waals surface area contributed by atoms with Crippen LogP contribution in [0, 0.1) is 23.7 Å². The first-order valence-electron chi connectivity index (χ1n) is 11.3. The summed E-state index contributed by atoms with van der Waals surface area (Å²) in [5.74, 6) is 0.935. The number of nitrogens with zero attached hydrogens (tertiary/aromatic N) is 3. The molecular formula is C24H33N5O2. The first-order chi connectivity index (χ1) is 15.0. The van der Waals surface area contributed by atoms with Gasteiger partial charge in [-0.15, -0.1) is 0 Å². The molecule has 0 aromatic heterocycles. The van der Waals surface area contributed by atoms with Crippen LogP contribution < -0.4 is 10.6 Å². The molecule has 1 aliphatic heterocycles. The number of benzene rings is 1. The quantitative estimate of drug-likeness (QED) is 0.288. The summed E-state index contributed by atoms with van der Waals surface area (Å²) in [6.45, 7) is 5.61. The van der Waals surface area contributed by atoms with E-state index in [1.165, 1.54) is 16.0 Å². The molecule has 4 unspecified atom stereocenters. The molecule has 2 fully saturated rings. The third kappa shape index (κ3) is 4.37. The average Bonchev–Trinajstić information content (AvgIpc) is 3.45. The van der Waals surface area contributed by atoms with Gasteiger partial charge >= 0.3 is 0 Å². The molecule has 3 aliphatic rings. The lowest BCUT2D eigenvalue weighted by Crippen LogP contribution is -2.43. The number of fused-ring (bicyclic) bond motifs is 5. The lowest BCUT2D eigenvalue weighted by molar-refractivity contribution is -0.140. The van der Waals surface area contributed by atoms with Crippen molar-refractivity contribution in [1.29, 1.82) is 0 Å². The Hall–Kier alpha value is -2.67. The van der Waals surface area contributed by atoms with Crippen LogP contribution in [0.15, 0.2) is 41.4 Å². The number of hydrogen-bond acceptors (Lipinski definition) is 4. The molecule has 2 N–H and O–H groups in total. The number of carbonyl (C=O) groups excluding carboxylic acids is 2. The molecule has 4 atom stereocenters. The van der Waals surface area contributed by atoms with Crippen molar-refractivity contribution in [3.63, 3.8) is 0 Å². The van der Waals surface area contributed by atoms with E-state index in [2.05, 4.69) is 70.9 Å². The fraction of sp³-hybridized carbons (Fsp3) is 0.542. The topological polar surface area (TPSA) is 77.0 Å². The summed E-state index contributed by atoms with van der Waals surface area (Å²) in [4.78, 5) is 33.5. The maximum Gasteiger partial charge on any atom is 0.233 e. The van der Waals surface area contributed by atoms with Gasteiger partial charge in [-0.3, -0.25) is 19.5 Å². The summed E-state index contributed by atoms with van der Waals surface area (Å²) in [7, 11) is 3.84. The number of likely N-dealkylation sites (tertiary alicyclic amines) is 1. The van der Waals surface area contributed by atoms with E-state index in [4.69, 9.17) is 0 Å². The van der Waals surface area contributed by atoms with Crippen molar-refractivity contribution in [3.05, 3.63) is 47.5 Å². The molecule has 1 saturated heterocycles. The number of guanidine groups is 1. The molecule has 0 spiro atoms. The minimum Gasteiger partial charge on any atom is -0.355 e. The summed E-state index contributed by atoms with van der Waals surface area (Å²) < 4.78 is 0. The monoisotopic (exact) mass is 423 g/mol. The van der Waals surface area contributed by atoms with Gasteiger partial charge in [-0.25, -0.2) is 0 Å². The molecule has 0 radical (unpaired) electrons. The van der Waals surface area contributed by atoms with Crippen molar-refractivity contribution in [1.82, 2.24) is 20.4 Å². The van der Waals surface area contributed by atoms with Gasteiger partial charge in [0.25, 0.3) is 0 Å². The van der Waals surface area contributed by atoms with Gasteiger partial charge < -0.3 is 15.5 Å². The van der Waals surface area contributed by atoms with Gasteiger partial charge in [0.2, 0.25) is 11.8 Å². The molecule has 1 heterocycles. The second-order valence-corrected chi connectivity index (χ2v) is 8.83. The molecule has 1 aromatic carbocycles. The van der Waals surface area contributed by atoms with E-state index in [9.17, 15) is 9.59 Å². The number of nitrogens with one attached hydrogen (secondary N) is 2. The lowest BCUT2D eigenvalue weighted by Gasteiger charge is -2.19. The first-order valence-corrected chi connectivity index (χ1v) is 11.3. The Kier molecular flexibility index (Phi) is 6.41. The van der Waals surface area contributed by atoms with Crippen molar-refractivity contribution in [2.75, 3.05) is 33.7 Å². The van der Waals surface area contributed by atoms with Crippen molar-refractivity contribution in [2.45, 2.75) is 26.4 Å². The molecule has 2 bridgehead atoms. The van der Waals surface area contributed by atoms with E-state index >= 15 is 0 Å². The lowest BCUT2D eigenvalue weighted by atomic mass is 9.85. The number of hydrogen-bond donors (Lipinski definition) is 2. The Morgan fingerprint density at radius 3 is 2.45 bits per heavy atom. The SMILES string of the molecule is CCN(C)Cc1cccc(CNC(=NC)NCCN2C(=O)C3C4C=CC(C4)C3C2=O)c1. The van der Waals surface area contributed by atoms with Crippen molar-refractivity contribution < 1.29 is 9.59 Å². The normalized spacial score (nSPS) is 26.8. The van der Waals surface area contributed by atoms with Gasteiger partial charge in [0, 0.05) is 33.2 Å². The van der Waals surface area contributed by atoms with E-state index in [1.54, 1.807) is 7.05 Å². The second-order valence-electron chi connectivity index (χ2n) is 8.83. The van der Waals surface area contributed by atoms with Crippen LogP contribution in [0.4, 0.5) is 0 Å². The highest BCUT2D eigenvalue weighted by molar-refractivity contribution is 6.06. The molecule has 31 heavy (non-hydrogen) atoms. The molecule has 7 heteroatoms. The summed E-state index contributed by atoms with van der Waals surface area (Å²) in [5.41, 5.74) is 2.47. The number of aliphatic imine (C=N–C) groups is 1. The number of allylic oxidation sites excluding steroid dienone is 2. The fourth-order valence-corrected chi connectivity index (χ4v) is 5.14. The zero-order valence-corrected chi connectivity index (χ0v) is 18.7. The van der Waals surface area contributed by atoms with Crippen LogP contribution in [0.2, 0.25) is 0 Å². The Bertz CT molecular complexity index is 866. The summed E-state index contributed by atoms with van der Waals surface area (Å²) in [6.07, 6.45) is 5.21. The summed E-state index contributed by atoms with van der Waals surface area (Å²) in [5, 5.41) is 6.56. The van der Waals surface area contributed by atoms with E-state index in [1.807, 2.05) is 0 Å². The Morgan fingerprint density at radius 2 is 1.81 bits per heavy atom. The van der Waals surface area contributed by atoms with E-state index in [0.717, 1.165) is 19.5 Å². The minimum absolute atomic E-state index is 0.00505. The Balaban J connectivity index is 1.25. The molecule has 2 aliphatic carbocycles. The number of imide groups is 1. The number of rotatable bonds is 8. The predicted molar refractivity (Wildman–Crippen MR) is 121 cm³/mol. The maximum atomic E-state index is 12.8. The summed E-state index contributed by atoms with van der Waals surface area (Å²) in [6, 6.07) is 8.52. The molecule has 1 aromatic rings. The van der Waals surface area contributed by atoms with Crippen LogP contribution in [-0.4, -0.2) is 61.3 Å². The van der Waals surface area contributed by atoms with Gasteiger partial charge in [-0.1, -0.05) is 43.3 Å². The Labute approximate surface area is 184 Å². The van der Waals surface area contributed by atoms with E-state index in [-0.39, 0.29) is 35.5 Å².